The van der Waals surface area contributed by atoms with Gasteiger partial charge in [-0.1, -0.05) is 27.7 Å². The topological polar surface area (TPSA) is 50.4 Å². The minimum absolute atomic E-state index is 0.128. The van der Waals surface area contributed by atoms with Crippen molar-refractivity contribution >= 4 is 5.91 Å². The summed E-state index contributed by atoms with van der Waals surface area (Å²) in [7, 11) is 0. The average Bonchev–Trinajstić information content (AvgIpc) is 2.80. The molecule has 0 unspecified atom stereocenters. The monoisotopic (exact) mass is 282 g/mol. The zero-order valence-electron chi connectivity index (χ0n) is 13.4. The molecular weight excluding hydrogens is 252 g/mol. The van der Waals surface area contributed by atoms with Crippen LogP contribution in [0.5, 0.6) is 0 Å². The molecule has 1 aliphatic heterocycles. The van der Waals surface area contributed by atoms with Gasteiger partial charge in [0.2, 0.25) is 5.91 Å². The number of piperidine rings is 1. The lowest BCUT2D eigenvalue weighted by Crippen LogP contribution is -2.33. The highest BCUT2D eigenvalue weighted by Crippen LogP contribution is 2.68. The summed E-state index contributed by atoms with van der Waals surface area (Å²) < 4.78 is 5.83. The molecule has 4 heteroatoms. The van der Waals surface area contributed by atoms with Crippen molar-refractivity contribution in [1.29, 1.82) is 0 Å². The van der Waals surface area contributed by atoms with Gasteiger partial charge < -0.3 is 15.4 Å². The lowest BCUT2D eigenvalue weighted by Gasteiger charge is -2.22. The second-order valence-electron chi connectivity index (χ2n) is 7.34. The second kappa shape index (κ2) is 6.02. The molecule has 0 aromatic carbocycles. The first-order valence-corrected chi connectivity index (χ1v) is 7.97. The van der Waals surface area contributed by atoms with Crippen LogP contribution in [-0.2, 0) is 9.53 Å². The minimum atomic E-state index is 0.128. The Hall–Kier alpha value is -0.610. The molecule has 0 radical (unpaired) electrons. The maximum Gasteiger partial charge on any atom is 0.224 e. The molecule has 2 aliphatic rings. The number of amides is 1. The SMILES string of the molecule is CC1(C)C(C(=O)NCCCOC2CCNCC2)C1(C)C. The maximum absolute atomic E-state index is 12.1. The number of hydrogen-bond donors (Lipinski definition) is 2. The first-order valence-electron chi connectivity index (χ1n) is 7.97. The molecule has 2 rings (SSSR count). The van der Waals surface area contributed by atoms with Crippen molar-refractivity contribution < 1.29 is 9.53 Å². The average molecular weight is 282 g/mol. The third kappa shape index (κ3) is 3.17. The van der Waals surface area contributed by atoms with E-state index in [1.54, 1.807) is 0 Å². The fourth-order valence-electron chi connectivity index (χ4n) is 3.45. The van der Waals surface area contributed by atoms with Gasteiger partial charge in [-0.3, -0.25) is 4.79 Å². The molecule has 0 aromatic heterocycles. The van der Waals surface area contributed by atoms with Gasteiger partial charge in [-0.25, -0.2) is 0 Å². The Morgan fingerprint density at radius 3 is 2.35 bits per heavy atom. The highest BCUT2D eigenvalue weighted by Gasteiger charge is 2.68. The first kappa shape index (κ1) is 15.8. The zero-order valence-corrected chi connectivity index (χ0v) is 13.4. The Balaban J connectivity index is 1.56. The van der Waals surface area contributed by atoms with Gasteiger partial charge in [0.1, 0.15) is 0 Å². The van der Waals surface area contributed by atoms with Gasteiger partial charge in [-0.2, -0.15) is 0 Å². The van der Waals surface area contributed by atoms with Crippen molar-refractivity contribution in [2.24, 2.45) is 16.7 Å². The summed E-state index contributed by atoms with van der Waals surface area (Å²) in [4.78, 5) is 12.1. The molecule has 1 amide bonds. The summed E-state index contributed by atoms with van der Waals surface area (Å²) in [6, 6.07) is 0. The molecule has 0 bridgehead atoms. The fourth-order valence-corrected chi connectivity index (χ4v) is 3.45. The molecule has 1 saturated heterocycles. The molecule has 1 saturated carbocycles. The predicted octanol–water partition coefficient (Wildman–Crippen LogP) is 1.94. The number of carbonyl (C=O) groups excluding carboxylic acids is 1. The van der Waals surface area contributed by atoms with E-state index in [2.05, 4.69) is 38.3 Å². The van der Waals surface area contributed by atoms with E-state index in [-0.39, 0.29) is 22.7 Å². The van der Waals surface area contributed by atoms with Crippen molar-refractivity contribution in [3.05, 3.63) is 0 Å². The van der Waals surface area contributed by atoms with E-state index in [0.29, 0.717) is 6.10 Å². The Morgan fingerprint density at radius 1 is 1.20 bits per heavy atom. The van der Waals surface area contributed by atoms with Crippen LogP contribution < -0.4 is 10.6 Å². The van der Waals surface area contributed by atoms with Gasteiger partial charge >= 0.3 is 0 Å². The van der Waals surface area contributed by atoms with Crippen LogP contribution in [0.4, 0.5) is 0 Å². The number of ether oxygens (including phenoxy) is 1. The van der Waals surface area contributed by atoms with Crippen LogP contribution in [0.15, 0.2) is 0 Å². The molecule has 4 nitrogen and oxygen atoms in total. The van der Waals surface area contributed by atoms with Crippen LogP contribution in [0.3, 0.4) is 0 Å². The summed E-state index contributed by atoms with van der Waals surface area (Å²) >= 11 is 0. The van der Waals surface area contributed by atoms with E-state index in [1.165, 1.54) is 0 Å². The largest absolute Gasteiger partial charge is 0.378 e. The van der Waals surface area contributed by atoms with Crippen LogP contribution in [0.1, 0.15) is 47.0 Å². The van der Waals surface area contributed by atoms with E-state index in [0.717, 1.165) is 45.5 Å². The number of hydrogen-bond acceptors (Lipinski definition) is 3. The van der Waals surface area contributed by atoms with E-state index < -0.39 is 0 Å². The van der Waals surface area contributed by atoms with Crippen LogP contribution >= 0.6 is 0 Å². The Labute approximate surface area is 123 Å². The Bertz CT molecular complexity index is 332. The molecule has 0 atom stereocenters. The molecule has 2 N–H and O–H groups in total. The van der Waals surface area contributed by atoms with Crippen molar-refractivity contribution in [2.45, 2.75) is 53.1 Å². The highest BCUT2D eigenvalue weighted by molar-refractivity contribution is 5.84. The third-order valence-electron chi connectivity index (χ3n) is 5.54. The van der Waals surface area contributed by atoms with Crippen molar-refractivity contribution in [3.8, 4) is 0 Å². The maximum atomic E-state index is 12.1. The summed E-state index contributed by atoms with van der Waals surface area (Å²) in [6.45, 7) is 12.3. The molecule has 20 heavy (non-hydrogen) atoms. The Morgan fingerprint density at radius 2 is 1.80 bits per heavy atom. The molecule has 1 aliphatic carbocycles. The lowest BCUT2D eigenvalue weighted by atomic mass is 10.0. The van der Waals surface area contributed by atoms with E-state index in [9.17, 15) is 4.79 Å². The molecule has 2 fully saturated rings. The standard InChI is InChI=1S/C16H30N2O2/c1-15(2)13(16(15,3)4)14(19)18-8-5-11-20-12-6-9-17-10-7-12/h12-13,17H,5-11H2,1-4H3,(H,18,19). The fraction of sp³-hybridized carbons (Fsp3) is 0.938. The van der Waals surface area contributed by atoms with Crippen LogP contribution in [0, 0.1) is 16.7 Å². The number of nitrogens with one attached hydrogen (secondary N) is 2. The quantitative estimate of drug-likeness (QED) is 0.732. The smallest absolute Gasteiger partial charge is 0.224 e. The van der Waals surface area contributed by atoms with Gasteiger partial charge in [0.05, 0.1) is 6.10 Å². The van der Waals surface area contributed by atoms with Gasteiger partial charge in [-0.15, -0.1) is 0 Å². The molecule has 1 heterocycles. The number of carbonyl (C=O) groups is 1. The van der Waals surface area contributed by atoms with E-state index in [4.69, 9.17) is 4.74 Å². The summed E-state index contributed by atoms with van der Waals surface area (Å²) in [5.74, 6) is 0.363. The summed E-state index contributed by atoms with van der Waals surface area (Å²) in [6.07, 6.45) is 3.53. The van der Waals surface area contributed by atoms with Crippen LogP contribution in [0.25, 0.3) is 0 Å². The molecular formula is C16H30N2O2. The van der Waals surface area contributed by atoms with Crippen molar-refractivity contribution in [1.82, 2.24) is 10.6 Å². The zero-order chi connectivity index (χ0) is 14.8. The van der Waals surface area contributed by atoms with Gasteiger partial charge in [-0.05, 0) is 43.2 Å². The third-order valence-corrected chi connectivity index (χ3v) is 5.54. The van der Waals surface area contributed by atoms with Crippen molar-refractivity contribution in [3.63, 3.8) is 0 Å². The summed E-state index contributed by atoms with van der Waals surface area (Å²) in [5, 5.41) is 6.39. The van der Waals surface area contributed by atoms with Crippen molar-refractivity contribution in [2.75, 3.05) is 26.2 Å². The van der Waals surface area contributed by atoms with Gasteiger partial charge in [0.15, 0.2) is 0 Å². The molecule has 0 spiro atoms. The summed E-state index contributed by atoms with van der Waals surface area (Å²) in [5.41, 5.74) is 0.255. The predicted molar refractivity (Wildman–Crippen MR) is 80.5 cm³/mol. The first-order chi connectivity index (χ1) is 9.37. The van der Waals surface area contributed by atoms with Gasteiger partial charge in [0, 0.05) is 19.1 Å². The van der Waals surface area contributed by atoms with Gasteiger partial charge in [0.25, 0.3) is 0 Å². The molecule has 116 valence electrons. The van der Waals surface area contributed by atoms with Crippen LogP contribution in [0.2, 0.25) is 0 Å². The molecule has 0 aromatic rings. The Kier molecular flexibility index (Phi) is 4.75. The van der Waals surface area contributed by atoms with E-state index >= 15 is 0 Å². The van der Waals surface area contributed by atoms with Crippen LogP contribution in [-0.4, -0.2) is 38.3 Å². The minimum Gasteiger partial charge on any atom is -0.378 e. The highest BCUT2D eigenvalue weighted by atomic mass is 16.5. The normalized spacial score (nSPS) is 25.4. The number of rotatable bonds is 6. The lowest BCUT2D eigenvalue weighted by molar-refractivity contribution is -0.123. The second-order valence-corrected chi connectivity index (χ2v) is 7.34. The van der Waals surface area contributed by atoms with E-state index in [1.807, 2.05) is 0 Å².